The highest BCUT2D eigenvalue weighted by Crippen LogP contribution is 2.28. The van der Waals surface area contributed by atoms with Crippen LogP contribution in [0, 0.1) is 3.82 Å². The SMILES string of the molecule is S=c1sc(-c2ccccc2)ncc1-c1ccccc1. The van der Waals surface area contributed by atoms with Gasteiger partial charge in [0.15, 0.2) is 0 Å². The Kier molecular flexibility index (Phi) is 3.49. The third kappa shape index (κ3) is 2.62. The molecule has 0 radical (unpaired) electrons. The number of nitrogens with zero attached hydrogens (tertiary/aromatic N) is 1. The maximum atomic E-state index is 5.50. The molecule has 92 valence electrons. The molecular formula is C16H11NS2. The summed E-state index contributed by atoms with van der Waals surface area (Å²) in [6.07, 6.45) is 1.87. The molecule has 3 rings (SSSR count). The van der Waals surface area contributed by atoms with Crippen molar-refractivity contribution in [2.45, 2.75) is 0 Å². The van der Waals surface area contributed by atoms with Gasteiger partial charge in [0.05, 0.1) is 0 Å². The van der Waals surface area contributed by atoms with Crippen LogP contribution in [0.1, 0.15) is 0 Å². The Labute approximate surface area is 121 Å². The van der Waals surface area contributed by atoms with Crippen LogP contribution in [0.15, 0.2) is 66.9 Å². The Balaban J connectivity index is 2.07. The Morgan fingerprint density at radius 1 is 0.789 bits per heavy atom. The summed E-state index contributed by atoms with van der Waals surface area (Å²) in [6, 6.07) is 20.3. The molecule has 0 N–H and O–H groups in total. The van der Waals surface area contributed by atoms with Gasteiger partial charge in [-0.3, -0.25) is 0 Å². The van der Waals surface area contributed by atoms with E-state index < -0.39 is 0 Å². The molecule has 0 spiro atoms. The normalized spacial score (nSPS) is 10.3. The van der Waals surface area contributed by atoms with Gasteiger partial charge in [0, 0.05) is 17.3 Å². The van der Waals surface area contributed by atoms with Crippen LogP contribution in [-0.4, -0.2) is 4.98 Å². The monoisotopic (exact) mass is 281 g/mol. The zero-order valence-electron chi connectivity index (χ0n) is 10.1. The minimum Gasteiger partial charge on any atom is -0.245 e. The van der Waals surface area contributed by atoms with Crippen molar-refractivity contribution in [3.63, 3.8) is 0 Å². The molecule has 0 atom stereocenters. The first-order valence-electron chi connectivity index (χ1n) is 5.95. The van der Waals surface area contributed by atoms with Gasteiger partial charge in [-0.05, 0) is 5.56 Å². The summed E-state index contributed by atoms with van der Waals surface area (Å²) in [4.78, 5) is 4.54. The quantitative estimate of drug-likeness (QED) is 0.598. The summed E-state index contributed by atoms with van der Waals surface area (Å²) in [5.74, 6) is 0. The number of hydrogen-bond donors (Lipinski definition) is 0. The third-order valence-electron chi connectivity index (χ3n) is 2.83. The molecule has 1 nitrogen and oxygen atoms in total. The molecule has 1 aromatic heterocycles. The van der Waals surface area contributed by atoms with Gasteiger partial charge in [-0.2, -0.15) is 0 Å². The highest BCUT2D eigenvalue weighted by Gasteiger charge is 2.04. The van der Waals surface area contributed by atoms with E-state index in [1.807, 2.05) is 42.6 Å². The standard InChI is InChI=1S/C16H11NS2/c18-16-14(12-7-3-1-4-8-12)11-17-15(19-16)13-9-5-2-6-10-13/h1-11H. The molecule has 0 aliphatic heterocycles. The van der Waals surface area contributed by atoms with Gasteiger partial charge in [0.25, 0.3) is 0 Å². The molecular weight excluding hydrogens is 270 g/mol. The Bertz CT molecular complexity index is 733. The van der Waals surface area contributed by atoms with Crippen molar-refractivity contribution in [3.8, 4) is 21.7 Å². The number of hydrogen-bond acceptors (Lipinski definition) is 3. The lowest BCUT2D eigenvalue weighted by molar-refractivity contribution is 1.38. The van der Waals surface area contributed by atoms with E-state index in [0.29, 0.717) is 0 Å². The molecule has 0 saturated carbocycles. The maximum absolute atomic E-state index is 5.50. The first-order valence-corrected chi connectivity index (χ1v) is 7.18. The largest absolute Gasteiger partial charge is 0.245 e. The second-order valence-electron chi connectivity index (χ2n) is 4.10. The average Bonchev–Trinajstić information content (AvgIpc) is 2.49. The summed E-state index contributed by atoms with van der Waals surface area (Å²) < 4.78 is 0.875. The third-order valence-corrected chi connectivity index (χ3v) is 4.24. The summed E-state index contributed by atoms with van der Waals surface area (Å²) in [5.41, 5.74) is 3.26. The van der Waals surface area contributed by atoms with Crippen molar-refractivity contribution in [2.24, 2.45) is 0 Å². The molecule has 0 fully saturated rings. The van der Waals surface area contributed by atoms with Crippen molar-refractivity contribution in [3.05, 3.63) is 70.7 Å². The van der Waals surface area contributed by atoms with Crippen LogP contribution in [0.5, 0.6) is 0 Å². The van der Waals surface area contributed by atoms with E-state index in [4.69, 9.17) is 12.2 Å². The molecule has 1 heterocycles. The van der Waals surface area contributed by atoms with Gasteiger partial charge in [-0.1, -0.05) is 72.9 Å². The predicted octanol–water partition coefficient (Wildman–Crippen LogP) is 5.21. The first kappa shape index (κ1) is 12.2. The van der Waals surface area contributed by atoms with E-state index in [9.17, 15) is 0 Å². The van der Waals surface area contributed by atoms with Crippen LogP contribution in [0.25, 0.3) is 21.7 Å². The Morgan fingerprint density at radius 2 is 1.37 bits per heavy atom. The van der Waals surface area contributed by atoms with Gasteiger partial charge in [0.1, 0.15) is 8.83 Å². The Hall–Kier alpha value is -1.84. The lowest BCUT2D eigenvalue weighted by atomic mass is 10.1. The van der Waals surface area contributed by atoms with Crippen LogP contribution in [0.4, 0.5) is 0 Å². The van der Waals surface area contributed by atoms with E-state index >= 15 is 0 Å². The van der Waals surface area contributed by atoms with Crippen molar-refractivity contribution in [1.82, 2.24) is 4.98 Å². The van der Waals surface area contributed by atoms with Crippen LogP contribution in [-0.2, 0) is 0 Å². The second kappa shape index (κ2) is 5.43. The lowest BCUT2D eigenvalue weighted by Gasteiger charge is -2.03. The van der Waals surface area contributed by atoms with Gasteiger partial charge in [-0.25, -0.2) is 4.98 Å². The van der Waals surface area contributed by atoms with Crippen LogP contribution >= 0.6 is 23.6 Å². The van der Waals surface area contributed by atoms with Crippen molar-refractivity contribution < 1.29 is 0 Å². The molecule has 0 amide bonds. The van der Waals surface area contributed by atoms with E-state index in [-0.39, 0.29) is 0 Å². The average molecular weight is 281 g/mol. The number of aromatic nitrogens is 1. The minimum absolute atomic E-state index is 0.875. The summed E-state index contributed by atoms with van der Waals surface area (Å²) in [7, 11) is 0. The lowest BCUT2D eigenvalue weighted by Crippen LogP contribution is -1.83. The predicted molar refractivity (Wildman–Crippen MR) is 83.8 cm³/mol. The van der Waals surface area contributed by atoms with E-state index in [2.05, 4.69) is 29.2 Å². The van der Waals surface area contributed by atoms with E-state index in [0.717, 1.165) is 25.5 Å². The van der Waals surface area contributed by atoms with Gasteiger partial charge >= 0.3 is 0 Å². The molecule has 0 saturated heterocycles. The Morgan fingerprint density at radius 3 is 1.95 bits per heavy atom. The fourth-order valence-corrected chi connectivity index (χ4v) is 3.09. The minimum atomic E-state index is 0.875. The highest BCUT2D eigenvalue weighted by molar-refractivity contribution is 7.73. The van der Waals surface area contributed by atoms with Crippen LogP contribution in [0.2, 0.25) is 0 Å². The molecule has 2 aromatic carbocycles. The first-order chi connectivity index (χ1) is 9.34. The molecule has 0 aliphatic carbocycles. The molecule has 3 heteroatoms. The molecule has 3 aromatic rings. The van der Waals surface area contributed by atoms with Crippen molar-refractivity contribution >= 4 is 23.6 Å². The van der Waals surface area contributed by atoms with Gasteiger partial charge in [0.2, 0.25) is 0 Å². The summed E-state index contributed by atoms with van der Waals surface area (Å²) >= 11 is 7.06. The van der Waals surface area contributed by atoms with Crippen LogP contribution < -0.4 is 0 Å². The summed E-state index contributed by atoms with van der Waals surface area (Å²) in [5, 5.41) is 0.963. The van der Waals surface area contributed by atoms with Crippen molar-refractivity contribution in [2.75, 3.05) is 0 Å². The zero-order chi connectivity index (χ0) is 13.1. The maximum Gasteiger partial charge on any atom is 0.124 e. The van der Waals surface area contributed by atoms with Gasteiger partial charge in [-0.15, -0.1) is 11.3 Å². The fourth-order valence-electron chi connectivity index (χ4n) is 1.87. The second-order valence-corrected chi connectivity index (χ2v) is 5.76. The smallest absolute Gasteiger partial charge is 0.124 e. The highest BCUT2D eigenvalue weighted by atomic mass is 32.1. The molecule has 0 unspecified atom stereocenters. The van der Waals surface area contributed by atoms with Crippen molar-refractivity contribution in [1.29, 1.82) is 0 Å². The van der Waals surface area contributed by atoms with E-state index in [1.165, 1.54) is 0 Å². The molecule has 0 bridgehead atoms. The fraction of sp³-hybridized carbons (Fsp3) is 0. The van der Waals surface area contributed by atoms with Crippen LogP contribution in [0.3, 0.4) is 0 Å². The topological polar surface area (TPSA) is 12.9 Å². The molecule has 19 heavy (non-hydrogen) atoms. The number of rotatable bonds is 2. The number of benzene rings is 2. The van der Waals surface area contributed by atoms with Gasteiger partial charge < -0.3 is 0 Å². The van der Waals surface area contributed by atoms with E-state index in [1.54, 1.807) is 11.3 Å². The molecule has 0 aliphatic rings. The zero-order valence-corrected chi connectivity index (χ0v) is 11.7. The summed E-state index contributed by atoms with van der Waals surface area (Å²) in [6.45, 7) is 0.